The highest BCUT2D eigenvalue weighted by molar-refractivity contribution is 9.10. The van der Waals surface area contributed by atoms with Gasteiger partial charge in [0, 0.05) is 29.2 Å². The van der Waals surface area contributed by atoms with Crippen LogP contribution in [0.5, 0.6) is 0 Å². The van der Waals surface area contributed by atoms with Gasteiger partial charge >= 0.3 is 0 Å². The molecule has 4 nitrogen and oxygen atoms in total. The zero-order chi connectivity index (χ0) is 14.7. The molecule has 2 unspecified atom stereocenters. The summed E-state index contributed by atoms with van der Waals surface area (Å²) in [5, 5.41) is 12.9. The van der Waals surface area contributed by atoms with Gasteiger partial charge in [0.1, 0.15) is 5.69 Å². The first kappa shape index (κ1) is 15.6. The molecule has 5 heteroatoms. The molecule has 1 aromatic heterocycles. The van der Waals surface area contributed by atoms with Crippen molar-refractivity contribution in [3.8, 4) is 0 Å². The number of carbonyl (C=O) groups is 1. The predicted molar refractivity (Wildman–Crippen MR) is 82.8 cm³/mol. The fourth-order valence-electron chi connectivity index (χ4n) is 2.80. The highest BCUT2D eigenvalue weighted by Gasteiger charge is 2.24. The molecule has 0 radical (unpaired) electrons. The van der Waals surface area contributed by atoms with Gasteiger partial charge in [-0.25, -0.2) is 0 Å². The molecule has 1 heterocycles. The minimum atomic E-state index is -0.271. The van der Waals surface area contributed by atoms with Crippen LogP contribution in [0, 0.1) is 5.92 Å². The summed E-state index contributed by atoms with van der Waals surface area (Å²) >= 11 is 3.42. The summed E-state index contributed by atoms with van der Waals surface area (Å²) in [5.41, 5.74) is 0.664. The third kappa shape index (κ3) is 3.64. The summed E-state index contributed by atoms with van der Waals surface area (Å²) in [6.07, 6.45) is 5.74. The van der Waals surface area contributed by atoms with Crippen LogP contribution >= 0.6 is 15.9 Å². The number of aliphatic hydroxyl groups excluding tert-OH is 1. The van der Waals surface area contributed by atoms with E-state index in [9.17, 15) is 9.90 Å². The largest absolute Gasteiger partial charge is 0.393 e. The molecule has 0 spiro atoms. The van der Waals surface area contributed by atoms with Crippen LogP contribution in [-0.2, 0) is 0 Å². The van der Waals surface area contributed by atoms with Crippen LogP contribution < -0.4 is 5.32 Å². The molecule has 0 aliphatic heterocycles. The number of nitrogens with zero attached hydrogens (tertiary/aromatic N) is 1. The van der Waals surface area contributed by atoms with E-state index < -0.39 is 0 Å². The van der Waals surface area contributed by atoms with Gasteiger partial charge in [-0.05, 0) is 48.7 Å². The maximum Gasteiger partial charge on any atom is 0.267 e. The average Bonchev–Trinajstić information content (AvgIpc) is 2.80. The lowest BCUT2D eigenvalue weighted by atomic mass is 9.86. The van der Waals surface area contributed by atoms with E-state index >= 15 is 0 Å². The van der Waals surface area contributed by atoms with Crippen LogP contribution in [0.15, 0.2) is 16.7 Å². The maximum atomic E-state index is 12.3. The van der Waals surface area contributed by atoms with Crippen molar-refractivity contribution in [1.82, 2.24) is 9.88 Å². The number of amides is 1. The molecule has 112 valence electrons. The van der Waals surface area contributed by atoms with Gasteiger partial charge in [-0.15, -0.1) is 0 Å². The van der Waals surface area contributed by atoms with Crippen LogP contribution in [0.4, 0.5) is 0 Å². The number of halogens is 1. The van der Waals surface area contributed by atoms with Crippen molar-refractivity contribution in [3.05, 3.63) is 22.4 Å². The lowest BCUT2D eigenvalue weighted by molar-refractivity contribution is 0.0660. The fraction of sp³-hybridized carbons (Fsp3) is 0.667. The summed E-state index contributed by atoms with van der Waals surface area (Å²) < 4.78 is 2.87. The van der Waals surface area contributed by atoms with E-state index in [1.165, 1.54) is 0 Å². The normalized spacial score (nSPS) is 23.1. The van der Waals surface area contributed by atoms with Crippen molar-refractivity contribution in [2.45, 2.75) is 51.7 Å². The Morgan fingerprint density at radius 2 is 2.20 bits per heavy atom. The molecule has 2 rings (SSSR count). The molecule has 2 N–H and O–H groups in total. The first-order valence-corrected chi connectivity index (χ1v) is 8.12. The average molecular weight is 343 g/mol. The topological polar surface area (TPSA) is 54.3 Å². The van der Waals surface area contributed by atoms with Crippen LogP contribution in [0.3, 0.4) is 0 Å². The minimum Gasteiger partial charge on any atom is -0.393 e. The van der Waals surface area contributed by atoms with Gasteiger partial charge in [0.15, 0.2) is 0 Å². The molecule has 1 aromatic rings. The van der Waals surface area contributed by atoms with Gasteiger partial charge in [-0.2, -0.15) is 0 Å². The van der Waals surface area contributed by atoms with Crippen LogP contribution in [0.1, 0.15) is 56.1 Å². The molecule has 1 aliphatic carbocycles. The summed E-state index contributed by atoms with van der Waals surface area (Å²) in [7, 11) is 0. The van der Waals surface area contributed by atoms with Gasteiger partial charge in [0.05, 0.1) is 6.10 Å². The molecule has 0 aromatic carbocycles. The molecular formula is C15H23BrN2O2. The molecule has 0 bridgehead atoms. The van der Waals surface area contributed by atoms with Crippen molar-refractivity contribution in [2.75, 3.05) is 6.54 Å². The first-order chi connectivity index (χ1) is 9.49. The van der Waals surface area contributed by atoms with E-state index in [2.05, 4.69) is 21.2 Å². The number of hydrogen-bond donors (Lipinski definition) is 2. The Morgan fingerprint density at radius 3 is 2.85 bits per heavy atom. The van der Waals surface area contributed by atoms with Crippen molar-refractivity contribution >= 4 is 21.8 Å². The summed E-state index contributed by atoms with van der Waals surface area (Å²) in [5.74, 6) is 0.126. The molecule has 20 heavy (non-hydrogen) atoms. The second-order valence-electron chi connectivity index (χ2n) is 5.87. The Hall–Kier alpha value is -0.810. The van der Waals surface area contributed by atoms with Crippen LogP contribution in [0.2, 0.25) is 0 Å². The van der Waals surface area contributed by atoms with E-state index in [-0.39, 0.29) is 24.0 Å². The Labute approximate surface area is 128 Å². The van der Waals surface area contributed by atoms with E-state index in [1.807, 2.05) is 30.7 Å². The third-order valence-electron chi connectivity index (χ3n) is 4.00. The lowest BCUT2D eigenvalue weighted by Crippen LogP contribution is -2.37. The maximum absolute atomic E-state index is 12.3. The van der Waals surface area contributed by atoms with E-state index in [0.717, 1.165) is 30.2 Å². The Morgan fingerprint density at radius 1 is 1.50 bits per heavy atom. The first-order valence-electron chi connectivity index (χ1n) is 7.32. The molecule has 1 amide bonds. The molecule has 1 saturated carbocycles. The van der Waals surface area contributed by atoms with E-state index in [0.29, 0.717) is 12.2 Å². The lowest BCUT2D eigenvalue weighted by Gasteiger charge is -2.27. The van der Waals surface area contributed by atoms with Crippen LogP contribution in [0.25, 0.3) is 0 Å². The van der Waals surface area contributed by atoms with Crippen molar-refractivity contribution < 1.29 is 9.90 Å². The number of rotatable bonds is 4. The van der Waals surface area contributed by atoms with Gasteiger partial charge < -0.3 is 15.0 Å². The SMILES string of the molecule is CC(C)n1cc(Br)cc1C(=O)NCC1CCCCC1O. The molecule has 1 fully saturated rings. The van der Waals surface area contributed by atoms with Gasteiger partial charge in [0.25, 0.3) is 5.91 Å². The van der Waals surface area contributed by atoms with Gasteiger partial charge in [0.2, 0.25) is 0 Å². The third-order valence-corrected chi connectivity index (χ3v) is 4.43. The monoisotopic (exact) mass is 342 g/mol. The molecule has 1 aliphatic rings. The zero-order valence-corrected chi connectivity index (χ0v) is 13.7. The summed E-state index contributed by atoms with van der Waals surface area (Å²) in [6, 6.07) is 2.08. The van der Waals surface area contributed by atoms with Gasteiger partial charge in [-0.3, -0.25) is 4.79 Å². The number of carbonyl (C=O) groups excluding carboxylic acids is 1. The highest BCUT2D eigenvalue weighted by atomic mass is 79.9. The molecule has 2 atom stereocenters. The Bertz CT molecular complexity index is 470. The predicted octanol–water partition coefficient (Wildman–Crippen LogP) is 3.11. The van der Waals surface area contributed by atoms with Gasteiger partial charge in [-0.1, -0.05) is 12.8 Å². The summed E-state index contributed by atoms with van der Waals surface area (Å²) in [4.78, 5) is 12.3. The second kappa shape index (κ2) is 6.76. The number of hydrogen-bond acceptors (Lipinski definition) is 2. The molecule has 0 saturated heterocycles. The van der Waals surface area contributed by atoms with Crippen molar-refractivity contribution in [3.63, 3.8) is 0 Å². The zero-order valence-electron chi connectivity index (χ0n) is 12.1. The van der Waals surface area contributed by atoms with E-state index in [1.54, 1.807) is 0 Å². The smallest absolute Gasteiger partial charge is 0.267 e. The van der Waals surface area contributed by atoms with Crippen molar-refractivity contribution in [2.24, 2.45) is 5.92 Å². The minimum absolute atomic E-state index is 0.0674. The quantitative estimate of drug-likeness (QED) is 0.883. The fourth-order valence-corrected chi connectivity index (χ4v) is 3.23. The standard InChI is InChI=1S/C15H23BrN2O2/c1-10(2)18-9-12(16)7-13(18)15(20)17-8-11-5-3-4-6-14(11)19/h7,9-11,14,19H,3-6,8H2,1-2H3,(H,17,20). The number of aromatic nitrogens is 1. The summed E-state index contributed by atoms with van der Waals surface area (Å²) in [6.45, 7) is 4.66. The van der Waals surface area contributed by atoms with E-state index in [4.69, 9.17) is 0 Å². The Balaban J connectivity index is 1.98. The van der Waals surface area contributed by atoms with Crippen molar-refractivity contribution in [1.29, 1.82) is 0 Å². The number of aliphatic hydroxyl groups is 1. The Kier molecular flexibility index (Phi) is 5.27. The molecular weight excluding hydrogens is 320 g/mol. The van der Waals surface area contributed by atoms with Crippen LogP contribution in [-0.4, -0.2) is 28.2 Å². The number of nitrogens with one attached hydrogen (secondary N) is 1. The highest BCUT2D eigenvalue weighted by Crippen LogP contribution is 2.24. The second-order valence-corrected chi connectivity index (χ2v) is 6.78.